The molecule has 0 bridgehead atoms. The number of hydrogen-bond donors (Lipinski definition) is 2. The molecule has 0 radical (unpaired) electrons. The SMILES string of the molecule is CC(N)C(C)C(=O)Nc1cccc(Cn2cccn2)c1. The van der Waals surface area contributed by atoms with Gasteiger partial charge in [-0.25, -0.2) is 0 Å². The number of amides is 1. The summed E-state index contributed by atoms with van der Waals surface area (Å²) in [6.45, 7) is 4.34. The van der Waals surface area contributed by atoms with Crippen LogP contribution in [0.4, 0.5) is 5.69 Å². The van der Waals surface area contributed by atoms with E-state index in [1.54, 1.807) is 6.20 Å². The number of anilines is 1. The molecule has 2 aromatic rings. The largest absolute Gasteiger partial charge is 0.327 e. The van der Waals surface area contributed by atoms with Gasteiger partial charge in [0, 0.05) is 24.1 Å². The lowest BCUT2D eigenvalue weighted by Gasteiger charge is -2.15. The second-order valence-electron chi connectivity index (χ2n) is 5.04. The number of hydrogen-bond acceptors (Lipinski definition) is 3. The van der Waals surface area contributed by atoms with Crippen LogP contribution in [0.15, 0.2) is 42.7 Å². The highest BCUT2D eigenvalue weighted by Crippen LogP contribution is 2.13. The number of nitrogens with one attached hydrogen (secondary N) is 1. The zero-order valence-corrected chi connectivity index (χ0v) is 11.8. The molecule has 0 fully saturated rings. The highest BCUT2D eigenvalue weighted by Gasteiger charge is 2.16. The molecule has 2 rings (SSSR count). The Morgan fingerprint density at radius 3 is 2.85 bits per heavy atom. The molecular weight excluding hydrogens is 252 g/mol. The molecule has 2 unspecified atom stereocenters. The first-order valence-corrected chi connectivity index (χ1v) is 6.69. The third kappa shape index (κ3) is 3.68. The van der Waals surface area contributed by atoms with E-state index in [0.717, 1.165) is 11.3 Å². The van der Waals surface area contributed by atoms with E-state index in [4.69, 9.17) is 5.73 Å². The van der Waals surface area contributed by atoms with Crippen molar-refractivity contribution in [1.82, 2.24) is 9.78 Å². The van der Waals surface area contributed by atoms with E-state index in [-0.39, 0.29) is 17.9 Å². The van der Waals surface area contributed by atoms with Gasteiger partial charge in [-0.15, -0.1) is 0 Å². The maximum absolute atomic E-state index is 12.0. The van der Waals surface area contributed by atoms with Crippen LogP contribution in [0.2, 0.25) is 0 Å². The molecule has 0 saturated heterocycles. The molecule has 5 heteroatoms. The molecule has 1 heterocycles. The summed E-state index contributed by atoms with van der Waals surface area (Å²) in [5.74, 6) is -0.277. The predicted octanol–water partition coefficient (Wildman–Crippen LogP) is 1.85. The molecule has 20 heavy (non-hydrogen) atoms. The number of aromatic nitrogens is 2. The van der Waals surface area contributed by atoms with Crippen LogP contribution in [-0.4, -0.2) is 21.7 Å². The van der Waals surface area contributed by atoms with Gasteiger partial charge in [-0.1, -0.05) is 19.1 Å². The Morgan fingerprint density at radius 2 is 2.20 bits per heavy atom. The van der Waals surface area contributed by atoms with Gasteiger partial charge in [0.1, 0.15) is 0 Å². The van der Waals surface area contributed by atoms with Gasteiger partial charge in [0.25, 0.3) is 0 Å². The first-order chi connectivity index (χ1) is 9.56. The molecular formula is C15H20N4O. The van der Waals surface area contributed by atoms with E-state index in [1.807, 2.05) is 55.1 Å². The van der Waals surface area contributed by atoms with Crippen molar-refractivity contribution in [1.29, 1.82) is 0 Å². The summed E-state index contributed by atoms with van der Waals surface area (Å²) in [7, 11) is 0. The summed E-state index contributed by atoms with van der Waals surface area (Å²) >= 11 is 0. The van der Waals surface area contributed by atoms with Crippen LogP contribution in [0.1, 0.15) is 19.4 Å². The molecule has 1 amide bonds. The standard InChI is InChI=1S/C15H20N4O/c1-11(12(2)16)15(20)18-14-6-3-5-13(9-14)10-19-8-4-7-17-19/h3-9,11-12H,10,16H2,1-2H3,(H,18,20). The normalized spacial score (nSPS) is 13.8. The average molecular weight is 272 g/mol. The van der Waals surface area contributed by atoms with Crippen LogP contribution >= 0.6 is 0 Å². The summed E-state index contributed by atoms with van der Waals surface area (Å²) in [6.07, 6.45) is 3.65. The second-order valence-corrected chi connectivity index (χ2v) is 5.04. The third-order valence-corrected chi connectivity index (χ3v) is 3.30. The van der Waals surface area contributed by atoms with Crippen molar-refractivity contribution in [3.63, 3.8) is 0 Å². The van der Waals surface area contributed by atoms with Gasteiger partial charge in [0.2, 0.25) is 5.91 Å². The van der Waals surface area contributed by atoms with Gasteiger partial charge in [-0.2, -0.15) is 5.10 Å². The van der Waals surface area contributed by atoms with Crippen LogP contribution in [0.3, 0.4) is 0 Å². The highest BCUT2D eigenvalue weighted by molar-refractivity contribution is 5.92. The zero-order valence-electron chi connectivity index (χ0n) is 11.8. The van der Waals surface area contributed by atoms with Crippen molar-refractivity contribution in [2.75, 3.05) is 5.32 Å². The lowest BCUT2D eigenvalue weighted by molar-refractivity contribution is -0.119. The molecule has 0 aliphatic heterocycles. The van der Waals surface area contributed by atoms with Gasteiger partial charge in [-0.05, 0) is 30.7 Å². The highest BCUT2D eigenvalue weighted by atomic mass is 16.1. The number of carbonyl (C=O) groups is 1. The fourth-order valence-corrected chi connectivity index (χ4v) is 1.82. The van der Waals surface area contributed by atoms with Crippen molar-refractivity contribution in [3.8, 4) is 0 Å². The molecule has 0 aliphatic carbocycles. The van der Waals surface area contributed by atoms with Gasteiger partial charge >= 0.3 is 0 Å². The Hall–Kier alpha value is -2.14. The number of nitrogens with zero attached hydrogens (tertiary/aromatic N) is 2. The van der Waals surface area contributed by atoms with E-state index in [0.29, 0.717) is 6.54 Å². The first-order valence-electron chi connectivity index (χ1n) is 6.69. The van der Waals surface area contributed by atoms with E-state index in [2.05, 4.69) is 10.4 Å². The van der Waals surface area contributed by atoms with E-state index in [1.165, 1.54) is 0 Å². The molecule has 2 atom stereocenters. The third-order valence-electron chi connectivity index (χ3n) is 3.30. The Balaban J connectivity index is 2.04. The fraction of sp³-hybridized carbons (Fsp3) is 0.333. The van der Waals surface area contributed by atoms with E-state index in [9.17, 15) is 4.79 Å². The van der Waals surface area contributed by atoms with Gasteiger partial charge in [0.15, 0.2) is 0 Å². The quantitative estimate of drug-likeness (QED) is 0.872. The lowest BCUT2D eigenvalue weighted by Crippen LogP contribution is -2.34. The Labute approximate surface area is 118 Å². The Morgan fingerprint density at radius 1 is 1.40 bits per heavy atom. The van der Waals surface area contributed by atoms with Crippen LogP contribution in [0.5, 0.6) is 0 Å². The number of carbonyl (C=O) groups excluding carboxylic acids is 1. The minimum atomic E-state index is -0.218. The maximum atomic E-state index is 12.0. The van der Waals surface area contributed by atoms with Crippen molar-refractivity contribution in [3.05, 3.63) is 48.3 Å². The van der Waals surface area contributed by atoms with Gasteiger partial charge < -0.3 is 11.1 Å². The summed E-state index contributed by atoms with van der Waals surface area (Å²) < 4.78 is 1.84. The first kappa shape index (κ1) is 14.3. The number of rotatable bonds is 5. The molecule has 5 nitrogen and oxygen atoms in total. The monoisotopic (exact) mass is 272 g/mol. The molecule has 3 N–H and O–H groups in total. The van der Waals surface area contributed by atoms with Crippen molar-refractivity contribution in [2.24, 2.45) is 11.7 Å². The average Bonchev–Trinajstić information content (AvgIpc) is 2.91. The van der Waals surface area contributed by atoms with E-state index >= 15 is 0 Å². The lowest BCUT2D eigenvalue weighted by atomic mass is 10.0. The number of benzene rings is 1. The van der Waals surface area contributed by atoms with Crippen LogP contribution in [-0.2, 0) is 11.3 Å². The minimum Gasteiger partial charge on any atom is -0.327 e. The molecule has 0 saturated carbocycles. The maximum Gasteiger partial charge on any atom is 0.228 e. The van der Waals surface area contributed by atoms with Crippen LogP contribution in [0.25, 0.3) is 0 Å². The molecule has 0 aliphatic rings. The summed E-state index contributed by atoms with van der Waals surface area (Å²) in [5, 5.41) is 7.06. The fourth-order valence-electron chi connectivity index (χ4n) is 1.82. The number of nitrogens with two attached hydrogens (primary N) is 1. The Bertz CT molecular complexity index is 563. The van der Waals surface area contributed by atoms with Gasteiger partial charge in [-0.3, -0.25) is 9.48 Å². The van der Waals surface area contributed by atoms with Crippen LogP contribution in [0, 0.1) is 5.92 Å². The molecule has 0 spiro atoms. The van der Waals surface area contributed by atoms with E-state index < -0.39 is 0 Å². The van der Waals surface area contributed by atoms with Crippen molar-refractivity contribution < 1.29 is 4.79 Å². The summed E-state index contributed by atoms with van der Waals surface area (Å²) in [4.78, 5) is 12.0. The summed E-state index contributed by atoms with van der Waals surface area (Å²) in [5.41, 5.74) is 7.61. The predicted molar refractivity (Wildman–Crippen MR) is 79.2 cm³/mol. The van der Waals surface area contributed by atoms with Crippen LogP contribution < -0.4 is 11.1 Å². The van der Waals surface area contributed by atoms with Gasteiger partial charge in [0.05, 0.1) is 12.5 Å². The molecule has 106 valence electrons. The van der Waals surface area contributed by atoms with Crippen molar-refractivity contribution >= 4 is 11.6 Å². The topological polar surface area (TPSA) is 72.9 Å². The molecule has 1 aromatic heterocycles. The smallest absolute Gasteiger partial charge is 0.228 e. The zero-order chi connectivity index (χ0) is 14.5. The Kier molecular flexibility index (Phi) is 4.53. The molecule has 1 aromatic carbocycles. The minimum absolute atomic E-state index is 0.0590. The second kappa shape index (κ2) is 6.34. The summed E-state index contributed by atoms with van der Waals surface area (Å²) in [6, 6.07) is 9.47. The van der Waals surface area contributed by atoms with Crippen molar-refractivity contribution in [2.45, 2.75) is 26.4 Å².